The fraction of sp³-hybridized carbons (Fsp3) is 0.167. The van der Waals surface area contributed by atoms with Crippen molar-refractivity contribution in [3.05, 3.63) is 101 Å². The van der Waals surface area contributed by atoms with Crippen LogP contribution in [0.4, 0.5) is 8.78 Å². The molecule has 0 aliphatic heterocycles. The van der Waals surface area contributed by atoms with Gasteiger partial charge in [-0.25, -0.2) is 13.6 Å². The van der Waals surface area contributed by atoms with Crippen LogP contribution in [0, 0.1) is 11.6 Å². The Kier molecular flexibility index (Phi) is 7.32. The van der Waals surface area contributed by atoms with E-state index >= 15 is 0 Å². The van der Waals surface area contributed by atoms with Crippen molar-refractivity contribution in [2.24, 2.45) is 0 Å². The summed E-state index contributed by atoms with van der Waals surface area (Å²) >= 11 is 0. The van der Waals surface area contributed by atoms with Crippen LogP contribution >= 0.6 is 0 Å². The van der Waals surface area contributed by atoms with E-state index in [-0.39, 0.29) is 12.0 Å². The number of nitrogens with one attached hydrogen (secondary N) is 1. The zero-order valence-corrected chi connectivity index (χ0v) is 16.8. The fourth-order valence-electron chi connectivity index (χ4n) is 3.00. The maximum atomic E-state index is 13.4. The number of methoxy groups -OCH3 is 1. The molecular formula is C24H21F2NO4. The molecule has 0 saturated heterocycles. The zero-order valence-electron chi connectivity index (χ0n) is 16.8. The average molecular weight is 425 g/mol. The number of benzene rings is 3. The smallest absolute Gasteiger partial charge is 0.328 e. The zero-order chi connectivity index (χ0) is 22.2. The summed E-state index contributed by atoms with van der Waals surface area (Å²) < 4.78 is 37.4. The molecule has 31 heavy (non-hydrogen) atoms. The number of halogens is 2. The highest BCUT2D eigenvalue weighted by molar-refractivity contribution is 5.96. The Morgan fingerprint density at radius 2 is 1.58 bits per heavy atom. The summed E-state index contributed by atoms with van der Waals surface area (Å²) in [6, 6.07) is 18.1. The molecule has 0 unspecified atom stereocenters. The average Bonchev–Trinajstić information content (AvgIpc) is 2.77. The lowest BCUT2D eigenvalue weighted by molar-refractivity contribution is -0.142. The van der Waals surface area contributed by atoms with Crippen LogP contribution in [-0.2, 0) is 22.6 Å². The third kappa shape index (κ3) is 6.37. The van der Waals surface area contributed by atoms with Gasteiger partial charge >= 0.3 is 5.97 Å². The van der Waals surface area contributed by atoms with Crippen LogP contribution in [0.5, 0.6) is 5.75 Å². The molecule has 0 heterocycles. The minimum absolute atomic E-state index is 0.110. The molecule has 0 radical (unpaired) electrons. The van der Waals surface area contributed by atoms with Gasteiger partial charge in [-0.1, -0.05) is 42.5 Å². The van der Waals surface area contributed by atoms with Crippen molar-refractivity contribution in [1.29, 1.82) is 0 Å². The van der Waals surface area contributed by atoms with E-state index < -0.39 is 29.6 Å². The Hall–Kier alpha value is -3.74. The van der Waals surface area contributed by atoms with Gasteiger partial charge in [-0.2, -0.15) is 0 Å². The predicted molar refractivity (Wildman–Crippen MR) is 111 cm³/mol. The van der Waals surface area contributed by atoms with E-state index in [1.54, 1.807) is 24.3 Å². The molecule has 0 aliphatic rings. The molecule has 160 valence electrons. The van der Waals surface area contributed by atoms with Gasteiger partial charge in [0.05, 0.1) is 7.11 Å². The monoisotopic (exact) mass is 425 g/mol. The molecule has 3 aromatic rings. The summed E-state index contributed by atoms with van der Waals surface area (Å²) in [5, 5.41) is 2.48. The summed E-state index contributed by atoms with van der Waals surface area (Å²) in [5.74, 6) is -2.64. The molecule has 0 aromatic heterocycles. The number of hydrogen-bond donors (Lipinski definition) is 1. The Morgan fingerprint density at radius 1 is 0.903 bits per heavy atom. The molecule has 0 saturated carbocycles. The second-order valence-corrected chi connectivity index (χ2v) is 6.83. The number of ether oxygens (including phenoxy) is 2. The number of esters is 1. The van der Waals surface area contributed by atoms with Crippen molar-refractivity contribution < 1.29 is 27.8 Å². The predicted octanol–water partition coefficient (Wildman–Crippen LogP) is 4.06. The number of hydrogen-bond acceptors (Lipinski definition) is 4. The van der Waals surface area contributed by atoms with Crippen LogP contribution in [0.1, 0.15) is 21.5 Å². The summed E-state index contributed by atoms with van der Waals surface area (Å²) in [4.78, 5) is 24.6. The van der Waals surface area contributed by atoms with Gasteiger partial charge < -0.3 is 14.8 Å². The van der Waals surface area contributed by atoms with Gasteiger partial charge in [-0.05, 0) is 35.4 Å². The summed E-state index contributed by atoms with van der Waals surface area (Å²) in [6.45, 7) is 0.382. The van der Waals surface area contributed by atoms with E-state index in [1.165, 1.54) is 7.11 Å². The van der Waals surface area contributed by atoms with E-state index in [4.69, 9.17) is 9.47 Å². The standard InChI is InChI=1S/C24H21F2NO4/c1-30-24(29)22(27-23(28)18-12-19(25)14-20(26)13-18)11-17-8-5-9-21(10-17)31-15-16-6-3-2-4-7-16/h2-10,12-14,22H,11,15H2,1H3,(H,27,28)/t22-/m1/s1. The van der Waals surface area contributed by atoms with Crippen LogP contribution in [0.3, 0.4) is 0 Å². The first-order chi connectivity index (χ1) is 14.9. The van der Waals surface area contributed by atoms with Gasteiger partial charge in [0.1, 0.15) is 30.0 Å². The number of carbonyl (C=O) groups is 2. The Bertz CT molecular complexity index is 1040. The van der Waals surface area contributed by atoms with Crippen molar-refractivity contribution >= 4 is 11.9 Å². The summed E-state index contributed by atoms with van der Waals surface area (Å²) in [6.07, 6.45) is 0.110. The normalized spacial score (nSPS) is 11.5. The van der Waals surface area contributed by atoms with E-state index in [0.717, 1.165) is 17.7 Å². The quantitative estimate of drug-likeness (QED) is 0.553. The lowest BCUT2D eigenvalue weighted by atomic mass is 10.0. The SMILES string of the molecule is COC(=O)[C@@H](Cc1cccc(OCc2ccccc2)c1)NC(=O)c1cc(F)cc(F)c1. The van der Waals surface area contributed by atoms with Crippen molar-refractivity contribution in [3.8, 4) is 5.75 Å². The summed E-state index contributed by atoms with van der Waals surface area (Å²) in [5.41, 5.74) is 1.49. The molecule has 3 rings (SSSR count). The van der Waals surface area contributed by atoms with E-state index in [0.29, 0.717) is 24.0 Å². The minimum atomic E-state index is -1.05. The second kappa shape index (κ2) is 10.3. The molecule has 0 aliphatic carbocycles. The van der Waals surface area contributed by atoms with Gasteiger partial charge in [-0.3, -0.25) is 4.79 Å². The van der Waals surface area contributed by atoms with Crippen molar-refractivity contribution in [2.75, 3.05) is 7.11 Å². The third-order valence-corrected chi connectivity index (χ3v) is 4.50. The van der Waals surface area contributed by atoms with Crippen LogP contribution < -0.4 is 10.1 Å². The Morgan fingerprint density at radius 3 is 2.26 bits per heavy atom. The minimum Gasteiger partial charge on any atom is -0.489 e. The molecule has 0 bridgehead atoms. The molecule has 7 heteroatoms. The van der Waals surface area contributed by atoms with Gasteiger partial charge in [0, 0.05) is 18.1 Å². The molecule has 5 nitrogen and oxygen atoms in total. The molecule has 0 fully saturated rings. The maximum absolute atomic E-state index is 13.4. The van der Waals surface area contributed by atoms with Crippen LogP contribution in [0.25, 0.3) is 0 Å². The molecule has 0 spiro atoms. The largest absolute Gasteiger partial charge is 0.489 e. The molecular weight excluding hydrogens is 404 g/mol. The highest BCUT2D eigenvalue weighted by Crippen LogP contribution is 2.17. The van der Waals surface area contributed by atoms with E-state index in [9.17, 15) is 18.4 Å². The maximum Gasteiger partial charge on any atom is 0.328 e. The highest BCUT2D eigenvalue weighted by atomic mass is 19.1. The fourth-order valence-corrected chi connectivity index (χ4v) is 3.00. The number of rotatable bonds is 8. The van der Waals surface area contributed by atoms with Crippen LogP contribution in [0.15, 0.2) is 72.8 Å². The van der Waals surface area contributed by atoms with Crippen LogP contribution in [-0.4, -0.2) is 25.0 Å². The first kappa shape index (κ1) is 22.0. The van der Waals surface area contributed by atoms with Gasteiger partial charge in [0.25, 0.3) is 5.91 Å². The second-order valence-electron chi connectivity index (χ2n) is 6.83. The number of amides is 1. The van der Waals surface area contributed by atoms with Gasteiger partial charge in [-0.15, -0.1) is 0 Å². The van der Waals surface area contributed by atoms with E-state index in [2.05, 4.69) is 5.32 Å². The topological polar surface area (TPSA) is 64.6 Å². The first-order valence-electron chi connectivity index (χ1n) is 9.55. The van der Waals surface area contributed by atoms with Crippen molar-refractivity contribution in [2.45, 2.75) is 19.1 Å². The molecule has 1 atom stereocenters. The highest BCUT2D eigenvalue weighted by Gasteiger charge is 2.23. The summed E-state index contributed by atoms with van der Waals surface area (Å²) in [7, 11) is 1.20. The molecule has 1 amide bonds. The van der Waals surface area contributed by atoms with Crippen molar-refractivity contribution in [3.63, 3.8) is 0 Å². The lowest BCUT2D eigenvalue weighted by Crippen LogP contribution is -2.43. The van der Waals surface area contributed by atoms with Gasteiger partial charge in [0.15, 0.2) is 0 Å². The molecule has 3 aromatic carbocycles. The Labute approximate surface area is 178 Å². The Balaban J connectivity index is 1.70. The van der Waals surface area contributed by atoms with E-state index in [1.807, 2.05) is 30.3 Å². The lowest BCUT2D eigenvalue weighted by Gasteiger charge is -2.17. The first-order valence-corrected chi connectivity index (χ1v) is 9.55. The number of carbonyl (C=O) groups excluding carboxylic acids is 2. The van der Waals surface area contributed by atoms with Gasteiger partial charge in [0.2, 0.25) is 0 Å². The third-order valence-electron chi connectivity index (χ3n) is 4.50. The van der Waals surface area contributed by atoms with Crippen LogP contribution in [0.2, 0.25) is 0 Å². The molecule has 1 N–H and O–H groups in total. The van der Waals surface area contributed by atoms with Crippen molar-refractivity contribution in [1.82, 2.24) is 5.32 Å².